The molecule has 158 valence electrons. The van der Waals surface area contributed by atoms with Gasteiger partial charge < -0.3 is 39.7 Å². The Bertz CT molecular complexity index is 494. The van der Waals surface area contributed by atoms with Gasteiger partial charge in [-0.3, -0.25) is 9.59 Å². The molecule has 1 heterocycles. The van der Waals surface area contributed by atoms with Gasteiger partial charge in [0.2, 0.25) is 0 Å². The van der Waals surface area contributed by atoms with Crippen LogP contribution in [0.25, 0.3) is 0 Å². The number of ether oxygens (including phenoxy) is 3. The van der Waals surface area contributed by atoms with Crippen LogP contribution >= 0.6 is 0 Å². The molecule has 1 aliphatic heterocycles. The van der Waals surface area contributed by atoms with Crippen molar-refractivity contribution < 1.29 is 49.3 Å². The minimum atomic E-state index is -1.79. The van der Waals surface area contributed by atoms with Crippen molar-refractivity contribution in [2.75, 3.05) is 6.61 Å². The van der Waals surface area contributed by atoms with E-state index >= 15 is 0 Å². The second-order valence-electron chi connectivity index (χ2n) is 7.18. The van der Waals surface area contributed by atoms with E-state index in [4.69, 9.17) is 19.3 Å². The number of hydrogen-bond donors (Lipinski definition) is 5. The molecule has 0 saturated carbocycles. The summed E-state index contributed by atoms with van der Waals surface area (Å²) in [7, 11) is 0. The molecule has 0 bridgehead atoms. The molecule has 0 amide bonds. The normalized spacial score (nSPS) is 31.7. The molecule has 27 heavy (non-hydrogen) atoms. The fraction of sp³-hybridized carbons (Fsp3) is 0.882. The van der Waals surface area contributed by atoms with Gasteiger partial charge in [0.25, 0.3) is 0 Å². The molecule has 1 aliphatic rings. The molecule has 10 nitrogen and oxygen atoms in total. The summed E-state index contributed by atoms with van der Waals surface area (Å²) in [4.78, 5) is 22.5. The Hall–Kier alpha value is -1.30. The summed E-state index contributed by atoms with van der Waals surface area (Å²) < 4.78 is 15.9. The van der Waals surface area contributed by atoms with Crippen LogP contribution in [0.1, 0.15) is 46.5 Å². The summed E-state index contributed by atoms with van der Waals surface area (Å²) in [5.74, 6) is -2.16. The Balaban J connectivity index is 2.61. The van der Waals surface area contributed by atoms with E-state index in [2.05, 4.69) is 0 Å². The third kappa shape index (κ3) is 7.68. The lowest BCUT2D eigenvalue weighted by atomic mass is 9.98. The van der Waals surface area contributed by atoms with E-state index < -0.39 is 67.7 Å². The van der Waals surface area contributed by atoms with Crippen molar-refractivity contribution in [1.29, 1.82) is 0 Å². The monoisotopic (exact) mass is 394 g/mol. The first-order chi connectivity index (χ1) is 12.5. The van der Waals surface area contributed by atoms with E-state index in [1.54, 1.807) is 6.92 Å². The van der Waals surface area contributed by atoms with Gasteiger partial charge >= 0.3 is 11.9 Å². The molecule has 0 spiro atoms. The van der Waals surface area contributed by atoms with Gasteiger partial charge in [-0.05, 0) is 20.3 Å². The van der Waals surface area contributed by atoms with Crippen LogP contribution in [0.15, 0.2) is 0 Å². The zero-order valence-corrected chi connectivity index (χ0v) is 15.8. The third-order valence-corrected chi connectivity index (χ3v) is 4.20. The van der Waals surface area contributed by atoms with Crippen molar-refractivity contribution in [2.45, 2.75) is 88.9 Å². The summed E-state index contributed by atoms with van der Waals surface area (Å²) in [6, 6.07) is 0. The number of aliphatic carboxylic acids is 1. The van der Waals surface area contributed by atoms with Crippen LogP contribution in [0, 0.1) is 0 Å². The van der Waals surface area contributed by atoms with Crippen molar-refractivity contribution >= 4 is 11.9 Å². The predicted molar refractivity (Wildman–Crippen MR) is 90.6 cm³/mol. The first-order valence-electron chi connectivity index (χ1n) is 8.91. The molecular formula is C17H30O10. The summed E-state index contributed by atoms with van der Waals surface area (Å²) in [5, 5.41) is 48.5. The van der Waals surface area contributed by atoms with Crippen LogP contribution in [0.3, 0.4) is 0 Å². The summed E-state index contributed by atoms with van der Waals surface area (Å²) in [5.41, 5.74) is -1.79. The van der Waals surface area contributed by atoms with Gasteiger partial charge in [0, 0.05) is 0 Å². The lowest BCUT2D eigenvalue weighted by Gasteiger charge is -2.40. The number of carbonyl (C=O) groups is 2. The highest BCUT2D eigenvalue weighted by molar-refractivity contribution is 5.73. The second-order valence-corrected chi connectivity index (χ2v) is 7.18. The van der Waals surface area contributed by atoms with Crippen LogP contribution in [0.4, 0.5) is 0 Å². The molecule has 1 saturated heterocycles. The molecule has 0 aromatic heterocycles. The SMILES string of the molecule is CCC[C@@H](C)OC1OC(COC(=O)C[C@@](C)(O)CC(=O)O)C(O)C(O)C1O. The Kier molecular flexibility index (Phi) is 9.06. The van der Waals surface area contributed by atoms with E-state index in [9.17, 15) is 30.0 Å². The van der Waals surface area contributed by atoms with Crippen LogP contribution in [0.2, 0.25) is 0 Å². The van der Waals surface area contributed by atoms with Crippen molar-refractivity contribution in [3.05, 3.63) is 0 Å². The molecule has 1 rings (SSSR count). The van der Waals surface area contributed by atoms with Crippen LogP contribution in [-0.4, -0.2) is 86.5 Å². The van der Waals surface area contributed by atoms with Crippen molar-refractivity contribution in [2.24, 2.45) is 0 Å². The molecule has 5 N–H and O–H groups in total. The predicted octanol–water partition coefficient (Wildman–Crippen LogP) is -0.842. The van der Waals surface area contributed by atoms with Crippen LogP contribution in [-0.2, 0) is 23.8 Å². The Morgan fingerprint density at radius 3 is 2.33 bits per heavy atom. The molecule has 7 atom stereocenters. The molecule has 0 aromatic carbocycles. The molecule has 1 fully saturated rings. The highest BCUT2D eigenvalue weighted by Crippen LogP contribution is 2.24. The molecule has 0 radical (unpaired) electrons. The van der Waals surface area contributed by atoms with E-state index in [-0.39, 0.29) is 6.10 Å². The van der Waals surface area contributed by atoms with Crippen molar-refractivity contribution in [3.63, 3.8) is 0 Å². The number of carboxylic acids is 1. The maximum absolute atomic E-state index is 11.8. The molecule has 10 heteroatoms. The fourth-order valence-electron chi connectivity index (χ4n) is 2.80. The van der Waals surface area contributed by atoms with Gasteiger partial charge in [-0.15, -0.1) is 0 Å². The number of carboxylic acid groups (broad SMARTS) is 1. The Morgan fingerprint density at radius 1 is 1.15 bits per heavy atom. The summed E-state index contributed by atoms with van der Waals surface area (Å²) >= 11 is 0. The molecular weight excluding hydrogens is 364 g/mol. The van der Waals surface area contributed by atoms with Gasteiger partial charge in [0.1, 0.15) is 31.0 Å². The third-order valence-electron chi connectivity index (χ3n) is 4.20. The highest BCUT2D eigenvalue weighted by atomic mass is 16.7. The van der Waals surface area contributed by atoms with E-state index in [1.807, 2.05) is 6.92 Å². The Morgan fingerprint density at radius 2 is 1.78 bits per heavy atom. The van der Waals surface area contributed by atoms with E-state index in [1.165, 1.54) is 6.92 Å². The summed E-state index contributed by atoms with van der Waals surface area (Å²) in [6.07, 6.45) is -6.84. The Labute approximate surface area is 157 Å². The lowest BCUT2D eigenvalue weighted by molar-refractivity contribution is -0.310. The van der Waals surface area contributed by atoms with Gasteiger partial charge in [0.15, 0.2) is 6.29 Å². The number of carbonyl (C=O) groups excluding carboxylic acids is 1. The minimum absolute atomic E-state index is 0.258. The average Bonchev–Trinajstić information content (AvgIpc) is 2.52. The molecule has 0 aromatic rings. The quantitative estimate of drug-likeness (QED) is 0.295. The van der Waals surface area contributed by atoms with Crippen molar-refractivity contribution in [1.82, 2.24) is 0 Å². The number of aliphatic hydroxyl groups excluding tert-OH is 3. The van der Waals surface area contributed by atoms with Crippen LogP contribution < -0.4 is 0 Å². The maximum Gasteiger partial charge on any atom is 0.308 e. The maximum atomic E-state index is 11.8. The largest absolute Gasteiger partial charge is 0.481 e. The number of esters is 1. The van der Waals surface area contributed by atoms with E-state index in [0.29, 0.717) is 6.42 Å². The first kappa shape index (κ1) is 23.7. The van der Waals surface area contributed by atoms with Gasteiger partial charge in [-0.1, -0.05) is 13.3 Å². The lowest BCUT2D eigenvalue weighted by Crippen LogP contribution is -2.59. The zero-order valence-electron chi connectivity index (χ0n) is 15.8. The van der Waals surface area contributed by atoms with Gasteiger partial charge in [-0.2, -0.15) is 0 Å². The molecule has 0 aliphatic carbocycles. The number of rotatable bonds is 10. The van der Waals surface area contributed by atoms with Gasteiger partial charge in [0.05, 0.1) is 24.5 Å². The topological polar surface area (TPSA) is 163 Å². The fourth-order valence-corrected chi connectivity index (χ4v) is 2.80. The number of hydrogen-bond acceptors (Lipinski definition) is 9. The second kappa shape index (κ2) is 10.3. The summed E-state index contributed by atoms with van der Waals surface area (Å²) in [6.45, 7) is 4.46. The minimum Gasteiger partial charge on any atom is -0.481 e. The zero-order chi connectivity index (χ0) is 20.8. The van der Waals surface area contributed by atoms with Gasteiger partial charge in [-0.25, -0.2) is 0 Å². The smallest absolute Gasteiger partial charge is 0.308 e. The number of aliphatic hydroxyl groups is 4. The van der Waals surface area contributed by atoms with E-state index in [0.717, 1.165) is 6.42 Å². The highest BCUT2D eigenvalue weighted by Gasteiger charge is 2.45. The van der Waals surface area contributed by atoms with Crippen molar-refractivity contribution in [3.8, 4) is 0 Å². The van der Waals surface area contributed by atoms with Crippen LogP contribution in [0.5, 0.6) is 0 Å². The molecule has 5 unspecified atom stereocenters. The first-order valence-corrected chi connectivity index (χ1v) is 8.91. The standard InChI is InChI=1S/C17H30O10/c1-4-5-9(2)26-16-15(23)14(22)13(21)10(27-16)8-25-12(20)7-17(3,24)6-11(18)19/h9-10,13-16,21-24H,4-8H2,1-3H3,(H,18,19)/t9-,10?,13?,14?,15?,16?,17+/m1/s1. The average molecular weight is 394 g/mol.